The second-order valence-corrected chi connectivity index (χ2v) is 6.27. The number of amides is 1. The van der Waals surface area contributed by atoms with Gasteiger partial charge in [0.1, 0.15) is 5.56 Å². The Morgan fingerprint density at radius 3 is 2.54 bits per heavy atom. The number of esters is 1. The topological polar surface area (TPSA) is 86.1 Å². The van der Waals surface area contributed by atoms with Crippen LogP contribution in [0.4, 0.5) is 0 Å². The number of rotatable bonds is 6. The van der Waals surface area contributed by atoms with Crippen LogP contribution in [-0.2, 0) is 11.3 Å². The van der Waals surface area contributed by atoms with Crippen LogP contribution >= 0.6 is 0 Å². The molecule has 1 amide bonds. The quantitative estimate of drug-likeness (QED) is 0.667. The lowest BCUT2D eigenvalue weighted by Gasteiger charge is -2.08. The molecule has 7 nitrogen and oxygen atoms in total. The Morgan fingerprint density at radius 2 is 1.89 bits per heavy atom. The molecule has 0 bridgehead atoms. The average molecular weight is 378 g/mol. The highest BCUT2D eigenvalue weighted by Gasteiger charge is 2.20. The van der Waals surface area contributed by atoms with Crippen molar-refractivity contribution in [2.24, 2.45) is 0 Å². The minimum Gasteiger partial charge on any atom is -0.462 e. The van der Waals surface area contributed by atoms with Crippen molar-refractivity contribution in [2.75, 3.05) is 6.61 Å². The van der Waals surface area contributed by atoms with E-state index in [1.54, 1.807) is 55.2 Å². The van der Waals surface area contributed by atoms with Gasteiger partial charge in [-0.05, 0) is 56.7 Å². The first-order chi connectivity index (χ1) is 13.5. The molecule has 0 spiro atoms. The van der Waals surface area contributed by atoms with Crippen LogP contribution in [0.5, 0.6) is 0 Å². The molecule has 1 aromatic carbocycles. The second kappa shape index (κ2) is 8.47. The number of hydrogen-bond acceptors (Lipinski definition) is 5. The number of carbonyl (C=O) groups excluding carboxylic acids is 2. The van der Waals surface area contributed by atoms with Crippen LogP contribution in [-0.4, -0.2) is 33.2 Å². The van der Waals surface area contributed by atoms with E-state index in [1.807, 2.05) is 19.1 Å². The number of nitrogens with one attached hydrogen (secondary N) is 1. The second-order valence-electron chi connectivity index (χ2n) is 6.27. The summed E-state index contributed by atoms with van der Waals surface area (Å²) < 4.78 is 6.78. The molecule has 144 valence electrons. The van der Waals surface area contributed by atoms with Gasteiger partial charge in [-0.3, -0.25) is 9.78 Å². The van der Waals surface area contributed by atoms with Crippen LogP contribution in [0.1, 0.15) is 44.6 Å². The van der Waals surface area contributed by atoms with Crippen LogP contribution in [0.3, 0.4) is 0 Å². The largest absolute Gasteiger partial charge is 0.462 e. The number of aryl methyl sites for hydroxylation is 1. The monoisotopic (exact) mass is 378 g/mol. The molecule has 0 unspecified atom stereocenters. The van der Waals surface area contributed by atoms with Crippen LogP contribution in [0.25, 0.3) is 5.69 Å². The normalized spacial score (nSPS) is 10.5. The third kappa shape index (κ3) is 4.09. The molecule has 7 heteroatoms. The zero-order chi connectivity index (χ0) is 20.1. The predicted molar refractivity (Wildman–Crippen MR) is 104 cm³/mol. The van der Waals surface area contributed by atoms with E-state index in [1.165, 1.54) is 0 Å². The van der Waals surface area contributed by atoms with Gasteiger partial charge in [-0.25, -0.2) is 9.48 Å². The van der Waals surface area contributed by atoms with Crippen LogP contribution in [0.15, 0.2) is 48.8 Å². The Kier molecular flexibility index (Phi) is 5.84. The zero-order valence-corrected chi connectivity index (χ0v) is 16.1. The van der Waals surface area contributed by atoms with Crippen LogP contribution < -0.4 is 5.32 Å². The molecular formula is C21H22N4O3. The van der Waals surface area contributed by atoms with E-state index >= 15 is 0 Å². The van der Waals surface area contributed by atoms with E-state index in [-0.39, 0.29) is 11.9 Å². The van der Waals surface area contributed by atoms with Gasteiger partial charge in [0.2, 0.25) is 0 Å². The van der Waals surface area contributed by atoms with Gasteiger partial charge < -0.3 is 10.1 Å². The summed E-state index contributed by atoms with van der Waals surface area (Å²) in [5.74, 6) is -0.550. The number of hydrogen-bond donors (Lipinski definition) is 1. The summed E-state index contributed by atoms with van der Waals surface area (Å²) in [6.07, 6.45) is 3.41. The maximum Gasteiger partial charge on any atom is 0.341 e. The average Bonchev–Trinajstić information content (AvgIpc) is 3.01. The maximum atomic E-state index is 12.3. The predicted octanol–water partition coefficient (Wildman–Crippen LogP) is 2.99. The molecule has 3 rings (SSSR count). The van der Waals surface area contributed by atoms with E-state index in [0.717, 1.165) is 11.3 Å². The van der Waals surface area contributed by atoms with E-state index < -0.39 is 0 Å². The van der Waals surface area contributed by atoms with Gasteiger partial charge in [-0.1, -0.05) is 6.07 Å². The van der Waals surface area contributed by atoms with Gasteiger partial charge in [-0.15, -0.1) is 0 Å². The third-order valence-electron chi connectivity index (χ3n) is 4.32. The van der Waals surface area contributed by atoms with Crippen LogP contribution in [0.2, 0.25) is 0 Å². The number of ether oxygens (including phenoxy) is 1. The summed E-state index contributed by atoms with van der Waals surface area (Å²) in [6, 6.07) is 10.8. The van der Waals surface area contributed by atoms with E-state index in [9.17, 15) is 9.59 Å². The molecule has 2 aromatic heterocycles. The standard InChI is InChI=1S/C21H22N4O3/c1-4-28-21(27)19-14(2)24-25(15(19)3)18-9-7-17(8-10-18)20(26)23-13-16-6-5-11-22-12-16/h5-12H,4,13H2,1-3H3,(H,23,26). The molecule has 0 saturated heterocycles. The molecule has 0 aliphatic carbocycles. The summed E-state index contributed by atoms with van der Waals surface area (Å²) in [5.41, 5.74) is 4.01. The molecule has 0 fully saturated rings. The first-order valence-corrected chi connectivity index (χ1v) is 9.02. The molecular weight excluding hydrogens is 356 g/mol. The Labute approximate surface area is 163 Å². The van der Waals surface area contributed by atoms with Crippen molar-refractivity contribution in [3.05, 3.63) is 76.9 Å². The fourth-order valence-corrected chi connectivity index (χ4v) is 2.93. The third-order valence-corrected chi connectivity index (χ3v) is 4.32. The van der Waals surface area contributed by atoms with Gasteiger partial charge in [0.15, 0.2) is 0 Å². The van der Waals surface area contributed by atoms with Crippen molar-refractivity contribution in [1.82, 2.24) is 20.1 Å². The van der Waals surface area contributed by atoms with Crippen LogP contribution in [0, 0.1) is 13.8 Å². The van der Waals surface area contributed by atoms with Crippen molar-refractivity contribution >= 4 is 11.9 Å². The number of aromatic nitrogens is 3. The molecule has 1 N–H and O–H groups in total. The minimum atomic E-state index is -0.379. The summed E-state index contributed by atoms with van der Waals surface area (Å²) >= 11 is 0. The number of nitrogens with zero attached hydrogens (tertiary/aromatic N) is 3. The summed E-state index contributed by atoms with van der Waals surface area (Å²) in [6.45, 7) is 6.09. The van der Waals surface area contributed by atoms with E-state index in [2.05, 4.69) is 15.4 Å². The van der Waals surface area contributed by atoms with Gasteiger partial charge in [0.05, 0.1) is 23.7 Å². The molecule has 28 heavy (non-hydrogen) atoms. The molecule has 3 aromatic rings. The SMILES string of the molecule is CCOC(=O)c1c(C)nn(-c2ccc(C(=O)NCc3cccnc3)cc2)c1C. The van der Waals surface area contributed by atoms with Gasteiger partial charge in [0.25, 0.3) is 5.91 Å². The summed E-state index contributed by atoms with van der Waals surface area (Å²) in [7, 11) is 0. The Bertz CT molecular complexity index is 979. The van der Waals surface area contributed by atoms with Gasteiger partial charge in [-0.2, -0.15) is 5.10 Å². The molecule has 0 radical (unpaired) electrons. The number of pyridine rings is 1. The Morgan fingerprint density at radius 1 is 1.14 bits per heavy atom. The smallest absolute Gasteiger partial charge is 0.341 e. The molecule has 0 aliphatic rings. The summed E-state index contributed by atoms with van der Waals surface area (Å²) in [4.78, 5) is 28.5. The highest BCUT2D eigenvalue weighted by atomic mass is 16.5. The lowest BCUT2D eigenvalue weighted by Crippen LogP contribution is -2.22. The first-order valence-electron chi connectivity index (χ1n) is 9.02. The van der Waals surface area contributed by atoms with Crippen molar-refractivity contribution in [3.63, 3.8) is 0 Å². The summed E-state index contributed by atoms with van der Waals surface area (Å²) in [5, 5.41) is 7.31. The van der Waals surface area contributed by atoms with Gasteiger partial charge in [0, 0.05) is 24.5 Å². The Hall–Kier alpha value is -3.48. The fourth-order valence-electron chi connectivity index (χ4n) is 2.93. The van der Waals surface area contributed by atoms with Gasteiger partial charge >= 0.3 is 5.97 Å². The zero-order valence-electron chi connectivity index (χ0n) is 16.1. The maximum absolute atomic E-state index is 12.3. The minimum absolute atomic E-state index is 0.170. The lowest BCUT2D eigenvalue weighted by atomic mass is 10.1. The Balaban J connectivity index is 1.75. The molecule has 0 saturated carbocycles. The first kappa shape index (κ1) is 19.3. The fraction of sp³-hybridized carbons (Fsp3) is 0.238. The molecule has 2 heterocycles. The highest BCUT2D eigenvalue weighted by Crippen LogP contribution is 2.19. The lowest BCUT2D eigenvalue weighted by molar-refractivity contribution is 0.0524. The van der Waals surface area contributed by atoms with E-state index in [4.69, 9.17) is 4.74 Å². The highest BCUT2D eigenvalue weighted by molar-refractivity contribution is 5.94. The van der Waals surface area contributed by atoms with Crippen molar-refractivity contribution in [2.45, 2.75) is 27.3 Å². The molecule has 0 aliphatic heterocycles. The molecule has 0 atom stereocenters. The van der Waals surface area contributed by atoms with E-state index in [0.29, 0.717) is 35.7 Å². The van der Waals surface area contributed by atoms with Crippen molar-refractivity contribution < 1.29 is 14.3 Å². The van der Waals surface area contributed by atoms with Crippen molar-refractivity contribution in [1.29, 1.82) is 0 Å². The number of benzene rings is 1. The van der Waals surface area contributed by atoms with Crippen molar-refractivity contribution in [3.8, 4) is 5.69 Å². The number of carbonyl (C=O) groups is 2.